The maximum Gasteiger partial charge on any atom is 0.241 e. The summed E-state index contributed by atoms with van der Waals surface area (Å²) in [5, 5.41) is 0. The molecule has 98 valence electrons. The quantitative estimate of drug-likeness (QED) is 0.767. The van der Waals surface area contributed by atoms with Crippen LogP contribution in [-0.4, -0.2) is 18.3 Å². The van der Waals surface area contributed by atoms with Crippen LogP contribution in [0.2, 0.25) is 0 Å². The molecule has 1 heterocycles. The predicted octanol–water partition coefficient (Wildman–Crippen LogP) is 3.40. The minimum Gasteiger partial charge on any atom is -0.311 e. The summed E-state index contributed by atoms with van der Waals surface area (Å²) in [6.45, 7) is 5.21. The lowest BCUT2D eigenvalue weighted by Crippen LogP contribution is -2.36. The molecule has 1 aromatic carbocycles. The number of hydrogen-bond donors (Lipinski definition) is 0. The Morgan fingerprint density at radius 3 is 2.89 bits per heavy atom. The first kappa shape index (κ1) is 13.4. The van der Waals surface area contributed by atoms with Crippen molar-refractivity contribution in [1.82, 2.24) is 0 Å². The molecule has 2 rings (SSSR count). The van der Waals surface area contributed by atoms with Gasteiger partial charge in [0.05, 0.1) is 0 Å². The molecule has 0 saturated carbocycles. The number of nitrogens with zero attached hydrogens (tertiary/aromatic N) is 1. The minimum absolute atomic E-state index is 0.0133. The fourth-order valence-electron chi connectivity index (χ4n) is 2.55. The van der Waals surface area contributed by atoms with Crippen molar-refractivity contribution in [3.05, 3.63) is 29.3 Å². The molecule has 1 aromatic rings. The van der Waals surface area contributed by atoms with E-state index < -0.39 is 0 Å². The van der Waals surface area contributed by atoms with Crippen molar-refractivity contribution in [2.24, 2.45) is 5.92 Å². The highest BCUT2D eigenvalue weighted by Crippen LogP contribution is 2.29. The van der Waals surface area contributed by atoms with Gasteiger partial charge >= 0.3 is 0 Å². The third kappa shape index (κ3) is 2.86. The van der Waals surface area contributed by atoms with E-state index in [0.717, 1.165) is 31.5 Å². The highest BCUT2D eigenvalue weighted by Gasteiger charge is 2.22. The Morgan fingerprint density at radius 1 is 1.44 bits per heavy atom. The molecule has 0 spiro atoms. The Bertz CT molecular complexity index is 442. The van der Waals surface area contributed by atoms with Gasteiger partial charge in [-0.15, -0.1) is 11.6 Å². The topological polar surface area (TPSA) is 20.3 Å². The van der Waals surface area contributed by atoms with Gasteiger partial charge in [0.2, 0.25) is 5.91 Å². The lowest BCUT2D eigenvalue weighted by atomic mass is 9.96. The summed E-state index contributed by atoms with van der Waals surface area (Å²) in [6.07, 6.45) is 3.14. The summed E-state index contributed by atoms with van der Waals surface area (Å²) >= 11 is 5.68. The number of carbonyl (C=O) groups excluding carboxylic acids is 1. The highest BCUT2D eigenvalue weighted by atomic mass is 35.5. The Hall–Kier alpha value is -1.02. The molecule has 0 N–H and O–H groups in total. The number of rotatable bonds is 3. The number of halogens is 1. The van der Waals surface area contributed by atoms with Gasteiger partial charge in [0.25, 0.3) is 0 Å². The number of amides is 1. The van der Waals surface area contributed by atoms with E-state index >= 15 is 0 Å². The van der Waals surface area contributed by atoms with Crippen LogP contribution in [0.5, 0.6) is 0 Å². The number of hydrogen-bond acceptors (Lipinski definition) is 1. The van der Waals surface area contributed by atoms with E-state index in [1.807, 2.05) is 4.90 Å². The van der Waals surface area contributed by atoms with Crippen LogP contribution in [0.4, 0.5) is 5.69 Å². The van der Waals surface area contributed by atoms with Gasteiger partial charge in [0.15, 0.2) is 0 Å². The zero-order chi connectivity index (χ0) is 13.1. The average molecular weight is 266 g/mol. The fraction of sp³-hybridized carbons (Fsp3) is 0.533. The molecule has 2 nitrogen and oxygen atoms in total. The molecule has 0 saturated heterocycles. The molecular formula is C15H20ClNO. The van der Waals surface area contributed by atoms with E-state index in [1.54, 1.807) is 0 Å². The average Bonchev–Trinajstić information content (AvgIpc) is 2.36. The second-order valence-corrected chi connectivity index (χ2v) is 5.61. The summed E-state index contributed by atoms with van der Waals surface area (Å²) in [4.78, 5) is 13.7. The summed E-state index contributed by atoms with van der Waals surface area (Å²) in [6, 6.07) is 6.52. The van der Waals surface area contributed by atoms with Crippen LogP contribution in [0.3, 0.4) is 0 Å². The molecule has 0 fully saturated rings. The SMILES string of the molecule is CC(C)Cc1ccc2c(c1)N(C(=O)CCl)CCC2. The monoisotopic (exact) mass is 265 g/mol. The first-order valence-corrected chi connectivity index (χ1v) is 7.13. The molecule has 0 bridgehead atoms. The van der Waals surface area contributed by atoms with Crippen LogP contribution >= 0.6 is 11.6 Å². The maximum atomic E-state index is 11.9. The summed E-state index contributed by atoms with van der Waals surface area (Å²) in [5.74, 6) is 0.705. The Kier molecular flexibility index (Phi) is 4.28. The standard InChI is InChI=1S/C15H20ClNO/c1-11(2)8-12-5-6-13-4-3-7-17(14(13)9-12)15(18)10-16/h5-6,9,11H,3-4,7-8,10H2,1-2H3. The number of aryl methyl sites for hydroxylation is 1. The van der Waals surface area contributed by atoms with E-state index in [4.69, 9.17) is 11.6 Å². The van der Waals surface area contributed by atoms with Crippen molar-refractivity contribution in [3.8, 4) is 0 Å². The predicted molar refractivity (Wildman–Crippen MR) is 76.4 cm³/mol. The largest absolute Gasteiger partial charge is 0.311 e. The lowest BCUT2D eigenvalue weighted by molar-refractivity contribution is -0.116. The van der Waals surface area contributed by atoms with Gasteiger partial charge in [-0.3, -0.25) is 4.79 Å². The van der Waals surface area contributed by atoms with Crippen LogP contribution in [0.15, 0.2) is 18.2 Å². The molecule has 0 aromatic heterocycles. The number of benzene rings is 1. The van der Waals surface area contributed by atoms with E-state index in [0.29, 0.717) is 5.92 Å². The number of anilines is 1. The summed E-state index contributed by atoms with van der Waals surface area (Å²) < 4.78 is 0. The zero-order valence-corrected chi connectivity index (χ0v) is 11.8. The Morgan fingerprint density at radius 2 is 2.22 bits per heavy atom. The van der Waals surface area contributed by atoms with Crippen LogP contribution in [0.25, 0.3) is 0 Å². The van der Waals surface area contributed by atoms with Crippen LogP contribution in [0.1, 0.15) is 31.4 Å². The first-order chi connectivity index (χ1) is 8.61. The summed E-state index contributed by atoms with van der Waals surface area (Å²) in [7, 11) is 0. The molecule has 0 radical (unpaired) electrons. The van der Waals surface area contributed by atoms with Crippen molar-refractivity contribution < 1.29 is 4.79 Å². The van der Waals surface area contributed by atoms with Crippen molar-refractivity contribution in [2.45, 2.75) is 33.1 Å². The van der Waals surface area contributed by atoms with Crippen LogP contribution < -0.4 is 4.90 Å². The third-order valence-corrected chi connectivity index (χ3v) is 3.56. The minimum atomic E-state index is 0.0133. The van der Waals surface area contributed by atoms with Gasteiger partial charge in [-0.1, -0.05) is 26.0 Å². The van der Waals surface area contributed by atoms with E-state index in [1.165, 1.54) is 11.1 Å². The number of fused-ring (bicyclic) bond motifs is 1. The van der Waals surface area contributed by atoms with Crippen LogP contribution in [0, 0.1) is 5.92 Å². The van der Waals surface area contributed by atoms with Crippen molar-refractivity contribution in [3.63, 3.8) is 0 Å². The normalized spacial score (nSPS) is 14.8. The Balaban J connectivity index is 2.32. The van der Waals surface area contributed by atoms with E-state index in [-0.39, 0.29) is 11.8 Å². The molecular weight excluding hydrogens is 246 g/mol. The van der Waals surface area contributed by atoms with Gasteiger partial charge in [0.1, 0.15) is 5.88 Å². The van der Waals surface area contributed by atoms with Gasteiger partial charge in [-0.25, -0.2) is 0 Å². The first-order valence-electron chi connectivity index (χ1n) is 6.60. The highest BCUT2D eigenvalue weighted by molar-refractivity contribution is 6.29. The van der Waals surface area contributed by atoms with Gasteiger partial charge < -0.3 is 4.90 Å². The maximum absolute atomic E-state index is 11.9. The molecule has 0 aliphatic carbocycles. The van der Waals surface area contributed by atoms with Crippen molar-refractivity contribution in [2.75, 3.05) is 17.3 Å². The van der Waals surface area contributed by atoms with E-state index in [2.05, 4.69) is 32.0 Å². The van der Waals surface area contributed by atoms with Gasteiger partial charge in [-0.05, 0) is 42.4 Å². The van der Waals surface area contributed by atoms with E-state index in [9.17, 15) is 4.79 Å². The molecule has 0 unspecified atom stereocenters. The van der Waals surface area contributed by atoms with Gasteiger partial charge in [-0.2, -0.15) is 0 Å². The molecule has 18 heavy (non-hydrogen) atoms. The zero-order valence-electron chi connectivity index (χ0n) is 11.1. The number of carbonyl (C=O) groups is 1. The second kappa shape index (κ2) is 5.75. The molecule has 1 amide bonds. The van der Waals surface area contributed by atoms with Gasteiger partial charge in [0, 0.05) is 12.2 Å². The third-order valence-electron chi connectivity index (χ3n) is 3.33. The van der Waals surface area contributed by atoms with Crippen molar-refractivity contribution >= 4 is 23.2 Å². The van der Waals surface area contributed by atoms with Crippen molar-refractivity contribution in [1.29, 1.82) is 0 Å². The molecule has 1 aliphatic heterocycles. The second-order valence-electron chi connectivity index (χ2n) is 5.34. The molecule has 3 heteroatoms. The smallest absolute Gasteiger partial charge is 0.241 e. The van der Waals surface area contributed by atoms with Crippen LogP contribution in [-0.2, 0) is 17.6 Å². The molecule has 1 aliphatic rings. The number of alkyl halides is 1. The lowest BCUT2D eigenvalue weighted by Gasteiger charge is -2.29. The Labute approximate surface area is 114 Å². The summed E-state index contributed by atoms with van der Waals surface area (Å²) in [5.41, 5.74) is 3.65. The fourth-order valence-corrected chi connectivity index (χ4v) is 2.69. The molecule has 0 atom stereocenters.